The zero-order valence-electron chi connectivity index (χ0n) is 13.9. The molecule has 0 unspecified atom stereocenters. The highest BCUT2D eigenvalue weighted by molar-refractivity contribution is 6.29. The summed E-state index contributed by atoms with van der Waals surface area (Å²) < 4.78 is 19.5. The van der Waals surface area contributed by atoms with Gasteiger partial charge < -0.3 is 4.74 Å². The Morgan fingerprint density at radius 2 is 2.04 bits per heavy atom. The Bertz CT molecular complexity index is 821. The van der Waals surface area contributed by atoms with Crippen LogP contribution in [-0.4, -0.2) is 17.6 Å². The molecule has 4 rings (SSSR count). The van der Waals surface area contributed by atoms with Crippen LogP contribution in [0.15, 0.2) is 36.4 Å². The number of carbonyl (C=O) groups is 1. The molecule has 2 aliphatic rings. The third-order valence-electron chi connectivity index (χ3n) is 5.06. The zero-order chi connectivity index (χ0) is 17.6. The number of rotatable bonds is 5. The first-order chi connectivity index (χ1) is 12.1. The van der Waals surface area contributed by atoms with Crippen LogP contribution in [0.4, 0.5) is 4.39 Å². The lowest BCUT2D eigenvalue weighted by Gasteiger charge is -2.06. The summed E-state index contributed by atoms with van der Waals surface area (Å²) in [4.78, 5) is 16.8. The van der Waals surface area contributed by atoms with Gasteiger partial charge in [-0.05, 0) is 49.1 Å². The fourth-order valence-corrected chi connectivity index (χ4v) is 3.93. The molecule has 0 saturated heterocycles. The van der Waals surface area contributed by atoms with Crippen LogP contribution in [0, 0.1) is 11.7 Å². The minimum atomic E-state index is -0.373. The van der Waals surface area contributed by atoms with Crippen LogP contribution >= 0.6 is 11.6 Å². The van der Waals surface area contributed by atoms with Crippen molar-refractivity contribution in [2.24, 2.45) is 5.92 Å². The summed E-state index contributed by atoms with van der Waals surface area (Å²) in [7, 11) is 0. The molecule has 1 heterocycles. The molecule has 25 heavy (non-hydrogen) atoms. The Morgan fingerprint density at radius 1 is 1.28 bits per heavy atom. The Kier molecular flexibility index (Phi) is 4.24. The van der Waals surface area contributed by atoms with Crippen LogP contribution in [0.3, 0.4) is 0 Å². The van der Waals surface area contributed by atoms with Gasteiger partial charge in [-0.15, -0.1) is 0 Å². The summed E-state index contributed by atoms with van der Waals surface area (Å²) in [5.41, 5.74) is 2.49. The number of benzene rings is 1. The van der Waals surface area contributed by atoms with Crippen molar-refractivity contribution in [2.45, 2.75) is 37.5 Å². The second kappa shape index (κ2) is 6.41. The molecule has 3 nitrogen and oxygen atoms in total. The maximum Gasteiger partial charge on any atom is 0.310 e. The van der Waals surface area contributed by atoms with E-state index in [4.69, 9.17) is 16.3 Å². The molecule has 130 valence electrons. The Balaban J connectivity index is 1.71. The van der Waals surface area contributed by atoms with E-state index >= 15 is 0 Å². The van der Waals surface area contributed by atoms with Crippen molar-refractivity contribution in [2.75, 3.05) is 6.61 Å². The second-order valence-corrected chi connectivity index (χ2v) is 7.16. The molecule has 0 aliphatic heterocycles. The van der Waals surface area contributed by atoms with E-state index in [-0.39, 0.29) is 29.5 Å². The Morgan fingerprint density at radius 3 is 2.72 bits per heavy atom. The van der Waals surface area contributed by atoms with Gasteiger partial charge in [0, 0.05) is 23.4 Å². The highest BCUT2D eigenvalue weighted by atomic mass is 35.5. The monoisotopic (exact) mass is 359 g/mol. The average Bonchev–Trinajstić information content (AvgIpc) is 3.47. The third-order valence-corrected chi connectivity index (χ3v) is 5.25. The van der Waals surface area contributed by atoms with Gasteiger partial charge in [0.2, 0.25) is 0 Å². The van der Waals surface area contributed by atoms with Gasteiger partial charge in [-0.2, -0.15) is 0 Å². The first kappa shape index (κ1) is 16.5. The summed E-state index contributed by atoms with van der Waals surface area (Å²) >= 11 is 6.21. The van der Waals surface area contributed by atoms with E-state index in [1.165, 1.54) is 6.07 Å². The van der Waals surface area contributed by atoms with Crippen LogP contribution in [0.25, 0.3) is 0 Å². The van der Waals surface area contributed by atoms with Crippen molar-refractivity contribution >= 4 is 17.6 Å². The van der Waals surface area contributed by atoms with Crippen molar-refractivity contribution in [1.29, 1.82) is 0 Å². The van der Waals surface area contributed by atoms with Gasteiger partial charge in [0.15, 0.2) is 0 Å². The maximum atomic E-state index is 14.3. The molecule has 0 radical (unpaired) electrons. The van der Waals surface area contributed by atoms with Crippen molar-refractivity contribution in [3.63, 3.8) is 0 Å². The molecule has 0 bridgehead atoms. The van der Waals surface area contributed by atoms with E-state index in [0.29, 0.717) is 23.2 Å². The van der Waals surface area contributed by atoms with Crippen LogP contribution in [-0.2, 0) is 9.53 Å². The molecule has 3 atom stereocenters. The quantitative estimate of drug-likeness (QED) is 0.568. The first-order valence-corrected chi connectivity index (χ1v) is 9.06. The summed E-state index contributed by atoms with van der Waals surface area (Å²) in [5, 5.41) is 0.432. The number of hydrogen-bond donors (Lipinski definition) is 0. The van der Waals surface area contributed by atoms with Gasteiger partial charge in [0.1, 0.15) is 11.0 Å². The van der Waals surface area contributed by atoms with Crippen LogP contribution in [0.2, 0.25) is 5.15 Å². The molecule has 0 amide bonds. The molecule has 2 aliphatic carbocycles. The lowest BCUT2D eigenvalue weighted by atomic mass is 10.0. The molecule has 2 saturated carbocycles. The number of hydrogen-bond acceptors (Lipinski definition) is 3. The highest BCUT2D eigenvalue weighted by Crippen LogP contribution is 2.62. The topological polar surface area (TPSA) is 39.2 Å². The fraction of sp³-hybridized carbons (Fsp3) is 0.400. The summed E-state index contributed by atoms with van der Waals surface area (Å²) in [5.74, 6) is -0.806. The Hall–Kier alpha value is -1.94. The standard InChI is InChI=1S/C20H19ClFNO2/c1-2-25-20(24)19-17(18(19)13-5-3-4-6-14(13)22)12-9-15(11-7-8-11)23-16(21)10-12/h3-6,9-11,17-19H,2,7-8H2,1H3/t17-,18-,19+/m1/s1. The van der Waals surface area contributed by atoms with E-state index in [1.54, 1.807) is 31.2 Å². The number of pyridine rings is 1. The molecule has 1 aromatic carbocycles. The minimum Gasteiger partial charge on any atom is -0.466 e. The van der Waals surface area contributed by atoms with E-state index in [9.17, 15) is 9.18 Å². The molecule has 2 fully saturated rings. The molecular weight excluding hydrogens is 341 g/mol. The van der Waals surface area contributed by atoms with E-state index < -0.39 is 0 Å². The predicted octanol–water partition coefficient (Wildman–Crippen LogP) is 4.81. The number of carbonyl (C=O) groups excluding carboxylic acids is 1. The van der Waals surface area contributed by atoms with Crippen LogP contribution in [0.5, 0.6) is 0 Å². The summed E-state index contributed by atoms with van der Waals surface area (Å²) in [6.45, 7) is 2.10. The second-order valence-electron chi connectivity index (χ2n) is 6.77. The summed E-state index contributed by atoms with van der Waals surface area (Å²) in [6.07, 6.45) is 2.24. The van der Waals surface area contributed by atoms with Crippen molar-refractivity contribution in [3.8, 4) is 0 Å². The number of aromatic nitrogens is 1. The Labute approximate surface area is 151 Å². The molecule has 2 aromatic rings. The van der Waals surface area contributed by atoms with Crippen molar-refractivity contribution in [1.82, 2.24) is 4.98 Å². The van der Waals surface area contributed by atoms with E-state index in [2.05, 4.69) is 4.98 Å². The van der Waals surface area contributed by atoms with Gasteiger partial charge in [-0.3, -0.25) is 4.79 Å². The fourth-order valence-electron chi connectivity index (χ4n) is 3.71. The molecular formula is C20H19ClFNO2. The first-order valence-electron chi connectivity index (χ1n) is 8.68. The number of nitrogens with zero attached hydrogens (tertiary/aromatic N) is 1. The minimum absolute atomic E-state index is 0.117. The lowest BCUT2D eigenvalue weighted by molar-refractivity contribution is -0.144. The number of esters is 1. The molecule has 0 spiro atoms. The maximum absolute atomic E-state index is 14.3. The van der Waals surface area contributed by atoms with Crippen molar-refractivity contribution < 1.29 is 13.9 Å². The largest absolute Gasteiger partial charge is 0.466 e. The third kappa shape index (κ3) is 3.15. The lowest BCUT2D eigenvalue weighted by Crippen LogP contribution is -2.08. The SMILES string of the molecule is CCOC(=O)[C@H]1[C@H](c2cc(Cl)nc(C3CC3)c2)[C@H]1c1ccccc1F. The van der Waals surface area contributed by atoms with Gasteiger partial charge >= 0.3 is 5.97 Å². The zero-order valence-corrected chi connectivity index (χ0v) is 14.7. The summed E-state index contributed by atoms with van der Waals surface area (Å²) in [6, 6.07) is 10.5. The van der Waals surface area contributed by atoms with Gasteiger partial charge in [0.25, 0.3) is 0 Å². The molecule has 1 aromatic heterocycles. The van der Waals surface area contributed by atoms with Gasteiger partial charge in [-0.1, -0.05) is 29.8 Å². The van der Waals surface area contributed by atoms with E-state index in [0.717, 1.165) is 24.1 Å². The molecule has 5 heteroatoms. The van der Waals surface area contributed by atoms with Gasteiger partial charge in [-0.25, -0.2) is 9.37 Å². The number of ether oxygens (including phenoxy) is 1. The van der Waals surface area contributed by atoms with Crippen LogP contribution in [0.1, 0.15) is 54.3 Å². The average molecular weight is 360 g/mol. The molecule has 0 N–H and O–H groups in total. The van der Waals surface area contributed by atoms with Crippen molar-refractivity contribution in [3.05, 3.63) is 64.2 Å². The predicted molar refractivity (Wildman–Crippen MR) is 93.2 cm³/mol. The highest BCUT2D eigenvalue weighted by Gasteiger charge is 2.58. The van der Waals surface area contributed by atoms with E-state index in [1.807, 2.05) is 6.07 Å². The smallest absolute Gasteiger partial charge is 0.310 e. The van der Waals surface area contributed by atoms with Crippen LogP contribution < -0.4 is 0 Å². The normalized spacial score (nSPS) is 24.8. The number of halogens is 2. The van der Waals surface area contributed by atoms with Gasteiger partial charge in [0.05, 0.1) is 12.5 Å².